The Balaban J connectivity index is 1.58. The molecule has 4 heterocycles. The number of pyridine rings is 1. The molecule has 5 rings (SSSR count). The van der Waals surface area contributed by atoms with Gasteiger partial charge in [0.1, 0.15) is 0 Å². The van der Waals surface area contributed by atoms with Crippen molar-refractivity contribution >= 4 is 16.6 Å². The highest BCUT2D eigenvalue weighted by atomic mass is 15.4. The lowest BCUT2D eigenvalue weighted by Gasteiger charge is -2.34. The number of benzene rings is 1. The third-order valence-electron chi connectivity index (χ3n) is 5.15. The summed E-state index contributed by atoms with van der Waals surface area (Å²) in [5.74, 6) is 1.87. The van der Waals surface area contributed by atoms with E-state index >= 15 is 0 Å². The van der Waals surface area contributed by atoms with Crippen molar-refractivity contribution in [2.24, 2.45) is 7.05 Å². The normalized spacial score (nSPS) is 16.7. The molecule has 0 unspecified atom stereocenters. The average Bonchev–Trinajstić information content (AvgIpc) is 3.27. The van der Waals surface area contributed by atoms with Crippen molar-refractivity contribution in [1.29, 1.82) is 0 Å². The number of aromatic nitrogens is 6. The molecule has 136 valence electrons. The van der Waals surface area contributed by atoms with Crippen molar-refractivity contribution in [1.82, 2.24) is 29.5 Å². The molecule has 7 heteroatoms. The summed E-state index contributed by atoms with van der Waals surface area (Å²) < 4.78 is 4.03. The molecule has 0 amide bonds. The molecule has 1 aromatic carbocycles. The number of rotatable bonds is 2. The van der Waals surface area contributed by atoms with E-state index in [4.69, 9.17) is 0 Å². The van der Waals surface area contributed by atoms with Gasteiger partial charge in [-0.15, -0.1) is 10.2 Å². The van der Waals surface area contributed by atoms with E-state index in [1.807, 2.05) is 32.4 Å². The van der Waals surface area contributed by atoms with Crippen molar-refractivity contribution in [3.63, 3.8) is 0 Å². The molecule has 0 radical (unpaired) electrons. The number of hydrogen-bond acceptors (Lipinski definition) is 5. The largest absolute Gasteiger partial charge is 0.361 e. The van der Waals surface area contributed by atoms with Crippen LogP contribution >= 0.6 is 0 Å². The Morgan fingerprint density at radius 3 is 2.81 bits per heavy atom. The lowest BCUT2D eigenvalue weighted by Crippen LogP contribution is -2.36. The second-order valence-corrected chi connectivity index (χ2v) is 7.24. The number of para-hydroxylation sites is 1. The maximum Gasteiger partial charge on any atom is 0.167 e. The maximum atomic E-state index is 4.67. The van der Waals surface area contributed by atoms with Gasteiger partial charge >= 0.3 is 0 Å². The van der Waals surface area contributed by atoms with Gasteiger partial charge in [0.05, 0.1) is 29.9 Å². The Kier molecular flexibility index (Phi) is 3.50. The summed E-state index contributed by atoms with van der Waals surface area (Å²) in [5.41, 5.74) is 4.27. The summed E-state index contributed by atoms with van der Waals surface area (Å²) in [5, 5.41) is 14.4. The zero-order chi connectivity index (χ0) is 18.5. The molecule has 0 N–H and O–H groups in total. The van der Waals surface area contributed by atoms with Gasteiger partial charge in [-0.1, -0.05) is 18.2 Å². The summed E-state index contributed by atoms with van der Waals surface area (Å²) in [4.78, 5) is 7.06. The molecule has 1 aliphatic rings. The number of anilines is 1. The van der Waals surface area contributed by atoms with Crippen LogP contribution in [0.3, 0.4) is 0 Å². The van der Waals surface area contributed by atoms with Gasteiger partial charge in [0.15, 0.2) is 11.6 Å². The monoisotopic (exact) mass is 359 g/mol. The van der Waals surface area contributed by atoms with E-state index in [0.29, 0.717) is 0 Å². The van der Waals surface area contributed by atoms with E-state index in [2.05, 4.69) is 60.9 Å². The number of aryl methyl sites for hydroxylation is 2. The maximum absolute atomic E-state index is 4.67. The van der Waals surface area contributed by atoms with Gasteiger partial charge in [-0.3, -0.25) is 9.67 Å². The molecule has 0 bridgehead atoms. The van der Waals surface area contributed by atoms with Gasteiger partial charge in [0, 0.05) is 36.6 Å². The zero-order valence-electron chi connectivity index (χ0n) is 15.7. The average molecular weight is 359 g/mol. The molecule has 27 heavy (non-hydrogen) atoms. The van der Waals surface area contributed by atoms with Gasteiger partial charge in [0.25, 0.3) is 0 Å². The molecule has 1 atom stereocenters. The summed E-state index contributed by atoms with van der Waals surface area (Å²) in [6, 6.07) is 10.7. The van der Waals surface area contributed by atoms with Gasteiger partial charge in [-0.25, -0.2) is 0 Å². The Labute approximate surface area is 157 Å². The van der Waals surface area contributed by atoms with Crippen LogP contribution in [0.15, 0.2) is 42.7 Å². The van der Waals surface area contributed by atoms with E-state index in [1.165, 1.54) is 11.1 Å². The summed E-state index contributed by atoms with van der Waals surface area (Å²) in [6.45, 7) is 5.89. The van der Waals surface area contributed by atoms with Crippen LogP contribution in [0.4, 0.5) is 5.69 Å². The fourth-order valence-electron chi connectivity index (χ4n) is 3.99. The highest BCUT2D eigenvalue weighted by Crippen LogP contribution is 2.33. The predicted octanol–water partition coefficient (Wildman–Crippen LogP) is 3.12. The molecule has 3 aromatic heterocycles. The predicted molar refractivity (Wildman–Crippen MR) is 104 cm³/mol. The standard InChI is InChI=1S/C20H21N7/c1-13-8-18(16-6-4-5-7-17(16)22-13)26-10-14(2)27-19(12-26)23-24-20(27)15-9-21-25(3)11-15/h4-9,11,14H,10,12H2,1-3H3/t14-/m0/s1. The first-order valence-corrected chi connectivity index (χ1v) is 9.14. The van der Waals surface area contributed by atoms with E-state index in [1.54, 1.807) is 4.68 Å². The van der Waals surface area contributed by atoms with Crippen LogP contribution in [0, 0.1) is 6.92 Å². The Morgan fingerprint density at radius 2 is 2.00 bits per heavy atom. The van der Waals surface area contributed by atoms with Crippen molar-refractivity contribution in [3.05, 3.63) is 54.2 Å². The van der Waals surface area contributed by atoms with Gasteiger partial charge in [0.2, 0.25) is 0 Å². The number of fused-ring (bicyclic) bond motifs is 2. The molecule has 0 aliphatic carbocycles. The summed E-state index contributed by atoms with van der Waals surface area (Å²) in [7, 11) is 1.92. The van der Waals surface area contributed by atoms with Crippen LogP contribution in [-0.2, 0) is 13.6 Å². The Morgan fingerprint density at radius 1 is 1.15 bits per heavy atom. The first kappa shape index (κ1) is 16.0. The van der Waals surface area contributed by atoms with Gasteiger partial charge < -0.3 is 9.47 Å². The minimum atomic E-state index is 0.256. The zero-order valence-corrected chi connectivity index (χ0v) is 15.7. The number of hydrogen-bond donors (Lipinski definition) is 0. The van der Waals surface area contributed by atoms with Crippen molar-refractivity contribution in [3.8, 4) is 11.4 Å². The third-order valence-corrected chi connectivity index (χ3v) is 5.15. The molecule has 0 fully saturated rings. The molecule has 4 aromatic rings. The van der Waals surface area contributed by atoms with E-state index in [-0.39, 0.29) is 6.04 Å². The second-order valence-electron chi connectivity index (χ2n) is 7.24. The SMILES string of the molecule is Cc1cc(N2Cc3nnc(-c4cnn(C)c4)n3[C@@H](C)C2)c2ccccc2n1. The molecule has 0 spiro atoms. The van der Waals surface area contributed by atoms with E-state index in [9.17, 15) is 0 Å². The van der Waals surface area contributed by atoms with Crippen molar-refractivity contribution in [2.75, 3.05) is 11.4 Å². The minimum Gasteiger partial charge on any atom is -0.361 e. The first-order chi connectivity index (χ1) is 13.1. The van der Waals surface area contributed by atoms with E-state index in [0.717, 1.165) is 41.5 Å². The van der Waals surface area contributed by atoms with Crippen LogP contribution < -0.4 is 4.90 Å². The van der Waals surface area contributed by atoms with Crippen LogP contribution in [-0.4, -0.2) is 36.1 Å². The lowest BCUT2D eigenvalue weighted by molar-refractivity contribution is 0.467. The Bertz CT molecular complexity index is 1140. The topological polar surface area (TPSA) is 64.7 Å². The fraction of sp³-hybridized carbons (Fsp3) is 0.300. The van der Waals surface area contributed by atoms with Crippen LogP contribution in [0.2, 0.25) is 0 Å². The van der Waals surface area contributed by atoms with Crippen LogP contribution in [0.25, 0.3) is 22.3 Å². The highest BCUT2D eigenvalue weighted by Gasteiger charge is 2.28. The fourth-order valence-corrected chi connectivity index (χ4v) is 3.99. The minimum absolute atomic E-state index is 0.256. The molecular formula is C20H21N7. The first-order valence-electron chi connectivity index (χ1n) is 9.14. The van der Waals surface area contributed by atoms with Crippen LogP contribution in [0.1, 0.15) is 24.5 Å². The van der Waals surface area contributed by atoms with Gasteiger partial charge in [-0.05, 0) is 26.0 Å². The quantitative estimate of drug-likeness (QED) is 0.550. The lowest BCUT2D eigenvalue weighted by atomic mass is 10.1. The summed E-state index contributed by atoms with van der Waals surface area (Å²) >= 11 is 0. The second kappa shape index (κ2) is 5.90. The van der Waals surface area contributed by atoms with Crippen LogP contribution in [0.5, 0.6) is 0 Å². The van der Waals surface area contributed by atoms with E-state index < -0.39 is 0 Å². The molecular weight excluding hydrogens is 338 g/mol. The van der Waals surface area contributed by atoms with Gasteiger partial charge in [-0.2, -0.15) is 5.10 Å². The Hall–Kier alpha value is -3.22. The molecule has 0 saturated heterocycles. The molecule has 7 nitrogen and oxygen atoms in total. The summed E-state index contributed by atoms with van der Waals surface area (Å²) in [6.07, 6.45) is 3.83. The number of nitrogens with zero attached hydrogens (tertiary/aromatic N) is 7. The highest BCUT2D eigenvalue weighted by molar-refractivity contribution is 5.92. The third kappa shape index (κ3) is 2.58. The molecule has 0 saturated carbocycles. The van der Waals surface area contributed by atoms with Crippen molar-refractivity contribution in [2.45, 2.75) is 26.4 Å². The van der Waals surface area contributed by atoms with Crippen molar-refractivity contribution < 1.29 is 0 Å². The molecule has 1 aliphatic heterocycles. The smallest absolute Gasteiger partial charge is 0.167 e.